The van der Waals surface area contributed by atoms with E-state index in [1.165, 1.54) is 57.1 Å². The van der Waals surface area contributed by atoms with E-state index < -0.39 is 11.2 Å². The standard InChI is InChI=1S/C30H36N6OS/c1-2-23-24(17-31)28(34-29(25(23)18-32)38-26(27(33)37)22-7-4-3-5-8-22)36-15-12-30(13-16-36)11-6-14-35(20-30)19-21-9-10-21/h3-5,7-8,21,26H,2,6,9-16,19-20H2,1H3,(H2,33,37). The van der Waals surface area contributed by atoms with Gasteiger partial charge in [-0.1, -0.05) is 49.0 Å². The van der Waals surface area contributed by atoms with Crippen LogP contribution in [-0.4, -0.2) is 48.5 Å². The van der Waals surface area contributed by atoms with Crippen molar-refractivity contribution in [3.63, 3.8) is 0 Å². The maximum absolute atomic E-state index is 12.5. The topological polar surface area (TPSA) is 110 Å². The summed E-state index contributed by atoms with van der Waals surface area (Å²) in [5.41, 5.74) is 8.48. The number of rotatable bonds is 8. The SMILES string of the molecule is CCc1c(C#N)c(SC(C(N)=O)c2ccccc2)nc(N2CCC3(CCCN(CC4CC4)C3)CC2)c1C#N. The first-order chi connectivity index (χ1) is 18.5. The van der Waals surface area contributed by atoms with Gasteiger partial charge in [0.05, 0.1) is 11.1 Å². The minimum atomic E-state index is -0.675. The normalized spacial score (nSPS) is 20.0. The summed E-state index contributed by atoms with van der Waals surface area (Å²) in [4.78, 5) is 22.3. The summed E-state index contributed by atoms with van der Waals surface area (Å²) in [7, 11) is 0. The molecule has 1 unspecified atom stereocenters. The third-order valence-corrected chi connectivity index (χ3v) is 9.75. The fraction of sp³-hybridized carbons (Fsp3) is 0.533. The molecule has 0 bridgehead atoms. The molecular formula is C30H36N6OS. The van der Waals surface area contributed by atoms with Gasteiger partial charge in [-0.3, -0.25) is 4.79 Å². The quantitative estimate of drug-likeness (QED) is 0.490. The number of piperidine rings is 2. The zero-order valence-corrected chi connectivity index (χ0v) is 23.0. The molecule has 8 heteroatoms. The number of anilines is 1. The van der Waals surface area contributed by atoms with Crippen molar-refractivity contribution in [1.82, 2.24) is 9.88 Å². The van der Waals surface area contributed by atoms with Gasteiger partial charge in [0.15, 0.2) is 0 Å². The average Bonchev–Trinajstić information content (AvgIpc) is 3.75. The van der Waals surface area contributed by atoms with Crippen LogP contribution >= 0.6 is 11.8 Å². The average molecular weight is 529 g/mol. The molecule has 2 N–H and O–H groups in total. The molecule has 2 aromatic rings. The highest BCUT2D eigenvalue weighted by Gasteiger charge is 2.40. The molecule has 3 heterocycles. The smallest absolute Gasteiger partial charge is 0.235 e. The van der Waals surface area contributed by atoms with Crippen molar-refractivity contribution >= 4 is 23.5 Å². The first-order valence-electron chi connectivity index (χ1n) is 13.8. The number of pyridine rings is 1. The Hall–Kier alpha value is -3.07. The Morgan fingerprint density at radius 2 is 1.84 bits per heavy atom. The lowest BCUT2D eigenvalue weighted by Crippen LogP contribution is -2.50. The number of amides is 1. The summed E-state index contributed by atoms with van der Waals surface area (Å²) < 4.78 is 0. The van der Waals surface area contributed by atoms with E-state index in [-0.39, 0.29) is 0 Å². The molecule has 1 spiro atoms. The van der Waals surface area contributed by atoms with E-state index in [4.69, 9.17) is 10.7 Å². The van der Waals surface area contributed by atoms with Crippen LogP contribution in [0.5, 0.6) is 0 Å². The second-order valence-corrected chi connectivity index (χ2v) is 12.2. The molecule has 1 aliphatic carbocycles. The summed E-state index contributed by atoms with van der Waals surface area (Å²) in [6.45, 7) is 7.30. The van der Waals surface area contributed by atoms with E-state index in [2.05, 4.69) is 21.9 Å². The molecule has 3 aliphatic rings. The Morgan fingerprint density at radius 3 is 2.45 bits per heavy atom. The highest BCUT2D eigenvalue weighted by molar-refractivity contribution is 8.00. The Balaban J connectivity index is 1.43. The van der Waals surface area contributed by atoms with Gasteiger partial charge in [-0.2, -0.15) is 10.5 Å². The van der Waals surface area contributed by atoms with Crippen LogP contribution in [0.3, 0.4) is 0 Å². The largest absolute Gasteiger partial charge is 0.368 e. The van der Waals surface area contributed by atoms with Crippen LogP contribution in [0.25, 0.3) is 0 Å². The van der Waals surface area contributed by atoms with Crippen LogP contribution in [0.1, 0.15) is 73.0 Å². The zero-order valence-electron chi connectivity index (χ0n) is 22.2. The first kappa shape index (κ1) is 26.5. The van der Waals surface area contributed by atoms with Gasteiger partial charge < -0.3 is 15.5 Å². The molecule has 2 aliphatic heterocycles. The van der Waals surface area contributed by atoms with Gasteiger partial charge in [-0.25, -0.2) is 4.98 Å². The Kier molecular flexibility index (Phi) is 7.93. The molecule has 38 heavy (non-hydrogen) atoms. The summed E-state index contributed by atoms with van der Waals surface area (Å²) in [6, 6.07) is 14.0. The second-order valence-electron chi connectivity index (χ2n) is 11.1. The molecule has 0 radical (unpaired) electrons. The summed E-state index contributed by atoms with van der Waals surface area (Å²) in [5, 5.41) is 20.1. The summed E-state index contributed by atoms with van der Waals surface area (Å²) >= 11 is 1.21. The third kappa shape index (κ3) is 5.53. The number of thioether (sulfide) groups is 1. The molecule has 1 aromatic heterocycles. The lowest BCUT2D eigenvalue weighted by Gasteiger charge is -2.48. The van der Waals surface area contributed by atoms with Gasteiger partial charge in [0.1, 0.15) is 28.2 Å². The van der Waals surface area contributed by atoms with Crippen LogP contribution in [0.4, 0.5) is 5.82 Å². The van der Waals surface area contributed by atoms with E-state index in [1.807, 2.05) is 37.3 Å². The molecular weight excluding hydrogens is 492 g/mol. The number of nitrogens with two attached hydrogens (primary N) is 1. The number of primary amides is 1. The van der Waals surface area contributed by atoms with Gasteiger partial charge in [0.25, 0.3) is 0 Å². The molecule has 1 amide bonds. The minimum absolute atomic E-state index is 0.346. The van der Waals surface area contributed by atoms with Crippen LogP contribution in [0.2, 0.25) is 0 Å². The van der Waals surface area contributed by atoms with Crippen LogP contribution < -0.4 is 10.6 Å². The third-order valence-electron chi connectivity index (χ3n) is 8.49. The number of benzene rings is 1. The predicted octanol–water partition coefficient (Wildman–Crippen LogP) is 4.80. The van der Waals surface area contributed by atoms with E-state index in [1.54, 1.807) is 0 Å². The van der Waals surface area contributed by atoms with Crippen molar-refractivity contribution in [2.75, 3.05) is 37.6 Å². The zero-order chi connectivity index (χ0) is 26.7. The van der Waals surface area contributed by atoms with Crippen molar-refractivity contribution in [3.8, 4) is 12.1 Å². The lowest BCUT2D eigenvalue weighted by molar-refractivity contribution is -0.117. The molecule has 1 saturated carbocycles. The van der Waals surface area contributed by atoms with Gasteiger partial charge >= 0.3 is 0 Å². The molecule has 198 valence electrons. The lowest BCUT2D eigenvalue weighted by atomic mass is 9.72. The fourth-order valence-electron chi connectivity index (χ4n) is 6.26. The van der Waals surface area contributed by atoms with Gasteiger partial charge in [-0.05, 0) is 74.0 Å². The number of nitrogens with zero attached hydrogens (tertiary/aromatic N) is 5. The molecule has 5 rings (SSSR count). The van der Waals surface area contributed by atoms with E-state index in [0.29, 0.717) is 39.4 Å². The van der Waals surface area contributed by atoms with E-state index in [9.17, 15) is 15.3 Å². The molecule has 1 atom stereocenters. The Morgan fingerprint density at radius 1 is 1.13 bits per heavy atom. The highest BCUT2D eigenvalue weighted by Crippen LogP contribution is 2.44. The number of carbonyl (C=O) groups excluding carboxylic acids is 1. The number of hydrogen-bond acceptors (Lipinski definition) is 7. The van der Waals surface area contributed by atoms with Crippen LogP contribution in [0, 0.1) is 34.0 Å². The Bertz CT molecular complexity index is 1250. The first-order valence-corrected chi connectivity index (χ1v) is 14.7. The number of nitriles is 2. The van der Waals surface area contributed by atoms with Crippen LogP contribution in [-0.2, 0) is 11.2 Å². The number of aromatic nitrogens is 1. The van der Waals surface area contributed by atoms with Crippen molar-refractivity contribution in [2.45, 2.75) is 62.1 Å². The maximum atomic E-state index is 12.5. The second kappa shape index (κ2) is 11.4. The van der Waals surface area contributed by atoms with E-state index >= 15 is 0 Å². The van der Waals surface area contributed by atoms with Gasteiger partial charge in [0.2, 0.25) is 5.91 Å². The van der Waals surface area contributed by atoms with Crippen molar-refractivity contribution in [2.24, 2.45) is 17.1 Å². The number of carbonyl (C=O) groups is 1. The number of hydrogen-bond donors (Lipinski definition) is 1. The van der Waals surface area contributed by atoms with Crippen molar-refractivity contribution in [3.05, 3.63) is 52.6 Å². The summed E-state index contributed by atoms with van der Waals surface area (Å²) in [5.74, 6) is 1.07. The predicted molar refractivity (Wildman–Crippen MR) is 150 cm³/mol. The molecule has 3 fully saturated rings. The fourth-order valence-corrected chi connectivity index (χ4v) is 7.32. The van der Waals surface area contributed by atoms with Crippen molar-refractivity contribution in [1.29, 1.82) is 10.5 Å². The van der Waals surface area contributed by atoms with Crippen molar-refractivity contribution < 1.29 is 4.79 Å². The molecule has 1 aromatic carbocycles. The molecule has 7 nitrogen and oxygen atoms in total. The monoisotopic (exact) mass is 528 g/mol. The number of likely N-dealkylation sites (tertiary alicyclic amines) is 1. The minimum Gasteiger partial charge on any atom is -0.368 e. The van der Waals surface area contributed by atoms with Gasteiger partial charge in [0, 0.05) is 26.2 Å². The Labute approximate surface area is 230 Å². The van der Waals surface area contributed by atoms with E-state index in [0.717, 1.165) is 37.4 Å². The summed E-state index contributed by atoms with van der Waals surface area (Å²) in [6.07, 6.45) is 8.01. The van der Waals surface area contributed by atoms with Gasteiger partial charge in [-0.15, -0.1) is 0 Å². The highest BCUT2D eigenvalue weighted by atomic mass is 32.2. The maximum Gasteiger partial charge on any atom is 0.235 e. The van der Waals surface area contributed by atoms with Crippen LogP contribution in [0.15, 0.2) is 35.4 Å². The molecule has 2 saturated heterocycles.